The van der Waals surface area contributed by atoms with Crippen LogP contribution < -0.4 is 0 Å². The van der Waals surface area contributed by atoms with Crippen molar-refractivity contribution in [2.45, 2.75) is 52.4 Å². The second-order valence-corrected chi connectivity index (χ2v) is 5.02. The quantitative estimate of drug-likeness (QED) is 0.605. The van der Waals surface area contributed by atoms with Gasteiger partial charge in [0.05, 0.1) is 0 Å². The van der Waals surface area contributed by atoms with Crippen molar-refractivity contribution >= 4 is 11.9 Å². The van der Waals surface area contributed by atoms with Crippen molar-refractivity contribution in [1.29, 1.82) is 0 Å². The van der Waals surface area contributed by atoms with Crippen molar-refractivity contribution < 1.29 is 19.4 Å². The van der Waals surface area contributed by atoms with Crippen LogP contribution in [0.1, 0.15) is 52.4 Å². The summed E-state index contributed by atoms with van der Waals surface area (Å²) < 4.78 is 4.96. The molecule has 1 N–H and O–H groups in total. The molecule has 1 fully saturated rings. The van der Waals surface area contributed by atoms with E-state index in [1.54, 1.807) is 6.92 Å². The number of carbonyl (C=O) groups excluding carboxylic acids is 1. The van der Waals surface area contributed by atoms with Crippen LogP contribution in [-0.4, -0.2) is 23.7 Å². The van der Waals surface area contributed by atoms with E-state index in [9.17, 15) is 9.59 Å². The zero-order chi connectivity index (χ0) is 13.5. The zero-order valence-corrected chi connectivity index (χ0v) is 11.2. The van der Waals surface area contributed by atoms with Gasteiger partial charge in [0, 0.05) is 12.5 Å². The topological polar surface area (TPSA) is 63.6 Å². The van der Waals surface area contributed by atoms with Crippen molar-refractivity contribution in [2.24, 2.45) is 5.92 Å². The molecule has 0 amide bonds. The summed E-state index contributed by atoms with van der Waals surface area (Å²) in [7, 11) is 0. The summed E-state index contributed by atoms with van der Waals surface area (Å²) in [5.74, 6) is -0.749. The van der Waals surface area contributed by atoms with Gasteiger partial charge < -0.3 is 9.84 Å². The fraction of sp³-hybridized carbons (Fsp3) is 0.714. The Kier molecular flexibility index (Phi) is 5.89. The molecule has 1 saturated carbocycles. The van der Waals surface area contributed by atoms with Gasteiger partial charge in [-0.25, -0.2) is 4.79 Å². The maximum absolute atomic E-state index is 11.0. The largest absolute Gasteiger partial charge is 0.478 e. The van der Waals surface area contributed by atoms with Crippen molar-refractivity contribution in [3.63, 3.8) is 0 Å². The minimum Gasteiger partial charge on any atom is -0.478 e. The number of ether oxygens (including phenoxy) is 1. The lowest BCUT2D eigenvalue weighted by Crippen LogP contribution is -2.14. The van der Waals surface area contributed by atoms with Gasteiger partial charge in [0.15, 0.2) is 0 Å². The SMILES string of the molecule is CC(=O)OCC(CC1CCCCC1)=C(C)C(=O)O. The van der Waals surface area contributed by atoms with Gasteiger partial charge >= 0.3 is 11.9 Å². The number of carbonyl (C=O) groups is 2. The molecule has 0 aromatic heterocycles. The molecule has 0 bridgehead atoms. The third kappa shape index (κ3) is 4.90. The molecule has 0 spiro atoms. The van der Waals surface area contributed by atoms with E-state index in [1.165, 1.54) is 26.2 Å². The van der Waals surface area contributed by atoms with E-state index in [-0.39, 0.29) is 12.6 Å². The first kappa shape index (κ1) is 14.7. The molecule has 0 atom stereocenters. The molecule has 0 radical (unpaired) electrons. The van der Waals surface area contributed by atoms with Crippen LogP contribution in [0.25, 0.3) is 0 Å². The first-order valence-corrected chi connectivity index (χ1v) is 6.56. The van der Waals surface area contributed by atoms with E-state index in [0.717, 1.165) is 24.8 Å². The summed E-state index contributed by atoms with van der Waals surface area (Å²) in [5.41, 5.74) is 1.08. The molecular formula is C14H22O4. The van der Waals surface area contributed by atoms with Crippen LogP contribution in [0.4, 0.5) is 0 Å². The standard InChI is InChI=1S/C14H22O4/c1-10(14(16)17)13(9-18-11(2)15)8-12-6-4-3-5-7-12/h12H,3-9H2,1-2H3,(H,16,17). The Bertz CT molecular complexity index is 338. The predicted octanol–water partition coefficient (Wildman–Crippen LogP) is 2.92. The van der Waals surface area contributed by atoms with Crippen LogP contribution in [-0.2, 0) is 14.3 Å². The number of aliphatic carboxylic acids is 1. The van der Waals surface area contributed by atoms with Gasteiger partial charge in [-0.15, -0.1) is 0 Å². The molecular weight excluding hydrogens is 232 g/mol. The van der Waals surface area contributed by atoms with E-state index in [2.05, 4.69) is 0 Å². The summed E-state index contributed by atoms with van der Waals surface area (Å²) >= 11 is 0. The fourth-order valence-corrected chi connectivity index (χ4v) is 2.40. The lowest BCUT2D eigenvalue weighted by Gasteiger charge is -2.23. The number of esters is 1. The van der Waals surface area contributed by atoms with E-state index in [1.807, 2.05) is 0 Å². The Hall–Kier alpha value is -1.32. The average molecular weight is 254 g/mol. The highest BCUT2D eigenvalue weighted by Gasteiger charge is 2.19. The summed E-state index contributed by atoms with van der Waals surface area (Å²) in [6.45, 7) is 3.04. The van der Waals surface area contributed by atoms with Crippen LogP contribution in [0.5, 0.6) is 0 Å². The van der Waals surface area contributed by atoms with Gasteiger partial charge in [-0.3, -0.25) is 4.79 Å². The van der Waals surface area contributed by atoms with E-state index >= 15 is 0 Å². The Morgan fingerprint density at radius 2 is 1.78 bits per heavy atom. The Morgan fingerprint density at radius 3 is 2.28 bits per heavy atom. The molecule has 4 nitrogen and oxygen atoms in total. The monoisotopic (exact) mass is 254 g/mol. The number of rotatable bonds is 5. The highest BCUT2D eigenvalue weighted by molar-refractivity contribution is 5.86. The van der Waals surface area contributed by atoms with E-state index in [0.29, 0.717) is 11.5 Å². The summed E-state index contributed by atoms with van der Waals surface area (Å²) in [6.07, 6.45) is 6.75. The van der Waals surface area contributed by atoms with Crippen molar-refractivity contribution in [1.82, 2.24) is 0 Å². The first-order chi connectivity index (χ1) is 8.50. The van der Waals surface area contributed by atoms with Crippen LogP contribution in [0.15, 0.2) is 11.1 Å². The van der Waals surface area contributed by atoms with Gasteiger partial charge in [-0.2, -0.15) is 0 Å². The van der Waals surface area contributed by atoms with Crippen LogP contribution in [0.2, 0.25) is 0 Å². The lowest BCUT2D eigenvalue weighted by molar-refractivity contribution is -0.140. The number of carboxylic acids is 1. The molecule has 0 aliphatic heterocycles. The van der Waals surface area contributed by atoms with Gasteiger partial charge in [0.1, 0.15) is 6.61 Å². The van der Waals surface area contributed by atoms with Crippen LogP contribution in [0, 0.1) is 5.92 Å². The molecule has 18 heavy (non-hydrogen) atoms. The maximum Gasteiger partial charge on any atom is 0.331 e. The normalized spacial score (nSPS) is 18.1. The second kappa shape index (κ2) is 7.19. The molecule has 0 saturated heterocycles. The van der Waals surface area contributed by atoms with Gasteiger partial charge in [0.25, 0.3) is 0 Å². The molecule has 102 valence electrons. The third-order valence-corrected chi connectivity index (χ3v) is 3.56. The van der Waals surface area contributed by atoms with Crippen LogP contribution in [0.3, 0.4) is 0 Å². The molecule has 1 aliphatic carbocycles. The van der Waals surface area contributed by atoms with E-state index < -0.39 is 5.97 Å². The summed E-state index contributed by atoms with van der Waals surface area (Å²) in [4.78, 5) is 21.9. The molecule has 1 aliphatic rings. The first-order valence-electron chi connectivity index (χ1n) is 6.56. The maximum atomic E-state index is 11.0. The molecule has 0 aromatic carbocycles. The Balaban J connectivity index is 2.67. The molecule has 0 heterocycles. The zero-order valence-electron chi connectivity index (χ0n) is 11.2. The van der Waals surface area contributed by atoms with Gasteiger partial charge in [0.2, 0.25) is 0 Å². The number of carboxylic acid groups (broad SMARTS) is 1. The number of hydrogen-bond donors (Lipinski definition) is 1. The smallest absolute Gasteiger partial charge is 0.331 e. The summed E-state index contributed by atoms with van der Waals surface area (Å²) in [5, 5.41) is 9.05. The minimum absolute atomic E-state index is 0.115. The van der Waals surface area contributed by atoms with Crippen molar-refractivity contribution in [2.75, 3.05) is 6.61 Å². The highest BCUT2D eigenvalue weighted by atomic mass is 16.5. The van der Waals surface area contributed by atoms with Gasteiger partial charge in [-0.05, 0) is 24.8 Å². The molecule has 0 aromatic rings. The second-order valence-electron chi connectivity index (χ2n) is 5.02. The highest BCUT2D eigenvalue weighted by Crippen LogP contribution is 2.30. The Labute approximate surface area is 108 Å². The van der Waals surface area contributed by atoms with E-state index in [4.69, 9.17) is 9.84 Å². The lowest BCUT2D eigenvalue weighted by atomic mass is 9.84. The van der Waals surface area contributed by atoms with Crippen molar-refractivity contribution in [3.05, 3.63) is 11.1 Å². The Morgan fingerprint density at radius 1 is 1.17 bits per heavy atom. The molecule has 1 rings (SSSR count). The minimum atomic E-state index is -0.923. The predicted molar refractivity (Wildman–Crippen MR) is 68.2 cm³/mol. The molecule has 0 unspecified atom stereocenters. The van der Waals surface area contributed by atoms with Gasteiger partial charge in [-0.1, -0.05) is 32.1 Å². The molecule has 4 heteroatoms. The average Bonchev–Trinajstić information content (AvgIpc) is 2.34. The third-order valence-electron chi connectivity index (χ3n) is 3.56. The van der Waals surface area contributed by atoms with Crippen molar-refractivity contribution in [3.8, 4) is 0 Å². The fourth-order valence-electron chi connectivity index (χ4n) is 2.40. The summed E-state index contributed by atoms with van der Waals surface area (Å²) in [6, 6.07) is 0. The number of hydrogen-bond acceptors (Lipinski definition) is 3. The van der Waals surface area contributed by atoms with Crippen LogP contribution >= 0.6 is 0 Å².